The maximum atomic E-state index is 12.3. The molecule has 2 N–H and O–H groups in total. The number of benzene rings is 1. The second kappa shape index (κ2) is 8.67. The van der Waals surface area contributed by atoms with E-state index in [0.29, 0.717) is 13.2 Å². The first-order valence-corrected chi connectivity index (χ1v) is 9.37. The minimum Gasteiger partial charge on any atom is -0.371 e. The molecule has 1 aromatic carbocycles. The van der Waals surface area contributed by atoms with E-state index in [1.54, 1.807) is 24.9 Å². The second-order valence-electron chi connectivity index (χ2n) is 6.85. The monoisotopic (exact) mass is 377 g/mol. The van der Waals surface area contributed by atoms with Gasteiger partial charge in [0.15, 0.2) is 0 Å². The van der Waals surface area contributed by atoms with E-state index in [9.17, 15) is 4.79 Å². The van der Waals surface area contributed by atoms with Crippen molar-refractivity contribution in [3.8, 4) is 0 Å². The molecular formula is C21H23N5O2. The Kier molecular flexibility index (Phi) is 5.63. The Morgan fingerprint density at radius 1 is 1.07 bits per heavy atom. The number of hydrogen-bond acceptors (Lipinski definition) is 4. The Hall–Kier alpha value is -3.19. The van der Waals surface area contributed by atoms with Gasteiger partial charge < -0.3 is 19.9 Å². The molecule has 1 aliphatic heterocycles. The van der Waals surface area contributed by atoms with Gasteiger partial charge in [-0.05, 0) is 35.2 Å². The maximum Gasteiger partial charge on any atom is 0.315 e. The van der Waals surface area contributed by atoms with Crippen LogP contribution >= 0.6 is 0 Å². The average Bonchev–Trinajstić information content (AvgIpc) is 3.40. The number of nitrogens with one attached hydrogen (secondary N) is 2. The van der Waals surface area contributed by atoms with Crippen molar-refractivity contribution in [2.75, 3.05) is 6.61 Å². The molecule has 2 amide bonds. The summed E-state index contributed by atoms with van der Waals surface area (Å²) in [6, 6.07) is 11.8. The number of urea groups is 1. The van der Waals surface area contributed by atoms with Crippen molar-refractivity contribution in [1.29, 1.82) is 0 Å². The Morgan fingerprint density at radius 2 is 1.86 bits per heavy atom. The lowest BCUT2D eigenvalue weighted by atomic mass is 10.0. The largest absolute Gasteiger partial charge is 0.371 e. The van der Waals surface area contributed by atoms with Crippen LogP contribution in [0.25, 0.3) is 0 Å². The van der Waals surface area contributed by atoms with Crippen LogP contribution in [0.1, 0.15) is 29.2 Å². The van der Waals surface area contributed by atoms with Gasteiger partial charge in [-0.1, -0.05) is 24.3 Å². The van der Waals surface area contributed by atoms with E-state index in [2.05, 4.69) is 32.7 Å². The third kappa shape index (κ3) is 4.55. The fourth-order valence-electron chi connectivity index (χ4n) is 3.37. The van der Waals surface area contributed by atoms with Gasteiger partial charge in [-0.3, -0.25) is 4.98 Å². The first-order chi connectivity index (χ1) is 13.8. The van der Waals surface area contributed by atoms with Crippen LogP contribution in [0, 0.1) is 0 Å². The molecule has 7 heteroatoms. The molecule has 0 unspecified atom stereocenters. The molecular weight excluding hydrogens is 354 g/mol. The summed E-state index contributed by atoms with van der Waals surface area (Å²) in [5.41, 5.74) is 3.28. The van der Waals surface area contributed by atoms with Gasteiger partial charge in [-0.15, -0.1) is 0 Å². The van der Waals surface area contributed by atoms with Gasteiger partial charge >= 0.3 is 6.03 Å². The Balaban J connectivity index is 1.27. The quantitative estimate of drug-likeness (QED) is 0.692. The second-order valence-corrected chi connectivity index (χ2v) is 6.85. The third-order valence-electron chi connectivity index (χ3n) is 4.84. The normalized spacial score (nSPS) is 18.7. The number of pyridine rings is 1. The van der Waals surface area contributed by atoms with Gasteiger partial charge in [-0.2, -0.15) is 0 Å². The lowest BCUT2D eigenvalue weighted by Crippen LogP contribution is -2.43. The third-order valence-corrected chi connectivity index (χ3v) is 4.84. The maximum absolute atomic E-state index is 12.3. The molecule has 1 saturated heterocycles. The molecule has 1 aliphatic rings. The summed E-state index contributed by atoms with van der Waals surface area (Å²) in [6.45, 7) is 1.90. The highest BCUT2D eigenvalue weighted by atomic mass is 16.5. The van der Waals surface area contributed by atoms with Crippen molar-refractivity contribution in [3.63, 3.8) is 0 Å². The van der Waals surface area contributed by atoms with Crippen molar-refractivity contribution in [2.24, 2.45) is 0 Å². The number of carbonyl (C=O) groups is 1. The Morgan fingerprint density at radius 3 is 2.61 bits per heavy atom. The van der Waals surface area contributed by atoms with Gasteiger partial charge in [-0.25, -0.2) is 9.78 Å². The summed E-state index contributed by atoms with van der Waals surface area (Å²) in [7, 11) is 0. The summed E-state index contributed by atoms with van der Waals surface area (Å²) in [5.74, 6) is 0. The lowest BCUT2D eigenvalue weighted by Gasteiger charge is -2.20. The van der Waals surface area contributed by atoms with E-state index >= 15 is 0 Å². The fraction of sp³-hybridized carbons (Fsp3) is 0.286. The molecule has 3 aromatic rings. The smallest absolute Gasteiger partial charge is 0.315 e. The summed E-state index contributed by atoms with van der Waals surface area (Å²) < 4.78 is 7.81. The summed E-state index contributed by atoms with van der Waals surface area (Å²) in [4.78, 5) is 20.4. The van der Waals surface area contributed by atoms with Crippen LogP contribution in [0.2, 0.25) is 0 Å². The van der Waals surface area contributed by atoms with E-state index in [0.717, 1.165) is 24.1 Å². The fourth-order valence-corrected chi connectivity index (χ4v) is 3.37. The molecule has 1 fully saturated rings. The highest BCUT2D eigenvalue weighted by molar-refractivity contribution is 5.74. The van der Waals surface area contributed by atoms with Gasteiger partial charge in [0.1, 0.15) is 6.10 Å². The Labute approximate surface area is 163 Å². The predicted octanol–water partition coefficient (Wildman–Crippen LogP) is 2.66. The van der Waals surface area contributed by atoms with E-state index < -0.39 is 0 Å². The molecule has 28 heavy (non-hydrogen) atoms. The van der Waals surface area contributed by atoms with Crippen LogP contribution < -0.4 is 10.6 Å². The zero-order valence-electron chi connectivity index (χ0n) is 15.5. The zero-order chi connectivity index (χ0) is 19.2. The summed E-state index contributed by atoms with van der Waals surface area (Å²) in [5, 5.41) is 5.96. The van der Waals surface area contributed by atoms with Crippen molar-refractivity contribution in [1.82, 2.24) is 25.2 Å². The summed E-state index contributed by atoms with van der Waals surface area (Å²) >= 11 is 0. The van der Waals surface area contributed by atoms with Gasteiger partial charge in [0.2, 0.25) is 0 Å². The molecule has 4 rings (SSSR count). The molecule has 0 bridgehead atoms. The van der Waals surface area contributed by atoms with E-state index in [1.165, 1.54) is 5.56 Å². The van der Waals surface area contributed by atoms with Crippen molar-refractivity contribution in [2.45, 2.75) is 31.7 Å². The minimum absolute atomic E-state index is 0.0417. The highest BCUT2D eigenvalue weighted by Crippen LogP contribution is 2.28. The minimum atomic E-state index is -0.183. The van der Waals surface area contributed by atoms with Crippen LogP contribution in [0.15, 0.2) is 67.5 Å². The van der Waals surface area contributed by atoms with Crippen LogP contribution in [-0.2, 0) is 17.8 Å². The molecule has 144 valence electrons. The Bertz CT molecular complexity index is 881. The number of ether oxygens (including phenoxy) is 1. The standard InChI is InChI=1S/C21H23N5O2/c27-21(25-19-7-12-28-20(19)18-5-8-22-9-6-18)24-13-16-1-3-17(4-2-16)14-26-11-10-23-15-26/h1-6,8-11,15,19-20H,7,12-14H2,(H2,24,25,27)/t19-,20+/m1/s1. The highest BCUT2D eigenvalue weighted by Gasteiger charge is 2.30. The van der Waals surface area contributed by atoms with E-state index in [1.807, 2.05) is 35.0 Å². The molecule has 3 heterocycles. The number of hydrogen-bond donors (Lipinski definition) is 2. The topological polar surface area (TPSA) is 81.1 Å². The number of nitrogens with zero attached hydrogens (tertiary/aromatic N) is 3. The van der Waals surface area contributed by atoms with Gasteiger partial charge in [0.25, 0.3) is 0 Å². The van der Waals surface area contributed by atoms with Crippen molar-refractivity contribution in [3.05, 3.63) is 84.2 Å². The van der Waals surface area contributed by atoms with E-state index in [4.69, 9.17) is 4.74 Å². The molecule has 0 aliphatic carbocycles. The first-order valence-electron chi connectivity index (χ1n) is 9.37. The number of rotatable bonds is 6. The SMILES string of the molecule is O=C(NCc1ccc(Cn2ccnc2)cc1)N[C@@H]1CCO[C@H]1c1ccncc1. The summed E-state index contributed by atoms with van der Waals surface area (Å²) in [6.07, 6.45) is 9.65. The van der Waals surface area contributed by atoms with Crippen LogP contribution in [0.5, 0.6) is 0 Å². The molecule has 7 nitrogen and oxygen atoms in total. The number of carbonyl (C=O) groups excluding carboxylic acids is 1. The van der Waals surface area contributed by atoms with Gasteiger partial charge in [0, 0.05) is 44.5 Å². The first kappa shape index (κ1) is 18.2. The lowest BCUT2D eigenvalue weighted by molar-refractivity contribution is 0.0998. The predicted molar refractivity (Wildman–Crippen MR) is 104 cm³/mol. The number of imidazole rings is 1. The van der Waals surface area contributed by atoms with Crippen LogP contribution in [0.3, 0.4) is 0 Å². The van der Waals surface area contributed by atoms with Crippen molar-refractivity contribution < 1.29 is 9.53 Å². The average molecular weight is 377 g/mol. The molecule has 0 radical (unpaired) electrons. The van der Waals surface area contributed by atoms with Crippen LogP contribution in [0.4, 0.5) is 4.79 Å². The zero-order valence-corrected chi connectivity index (χ0v) is 15.5. The molecule has 0 saturated carbocycles. The number of aromatic nitrogens is 3. The van der Waals surface area contributed by atoms with Gasteiger partial charge in [0.05, 0.1) is 12.4 Å². The molecule has 2 aromatic heterocycles. The van der Waals surface area contributed by atoms with E-state index in [-0.39, 0.29) is 18.2 Å². The van der Waals surface area contributed by atoms with Crippen LogP contribution in [-0.4, -0.2) is 33.2 Å². The molecule has 2 atom stereocenters. The number of amides is 2. The van der Waals surface area contributed by atoms with Crippen molar-refractivity contribution >= 4 is 6.03 Å². The molecule has 0 spiro atoms.